The summed E-state index contributed by atoms with van der Waals surface area (Å²) in [6, 6.07) is 25.5. The van der Waals surface area contributed by atoms with Crippen molar-refractivity contribution in [2.75, 3.05) is 26.2 Å². The minimum atomic E-state index is 0.0210. The quantitative estimate of drug-likeness (QED) is 0.329. The molecule has 0 N–H and O–H groups in total. The molecular weight excluding hydrogens is 479 g/mol. The van der Waals surface area contributed by atoms with Crippen molar-refractivity contribution in [3.05, 3.63) is 106 Å². The molecule has 5 rings (SSSR count). The molecule has 1 aromatic heterocycles. The molecule has 0 unspecified atom stereocenters. The van der Waals surface area contributed by atoms with Crippen LogP contribution in [0.5, 0.6) is 0 Å². The van der Waals surface area contributed by atoms with Crippen LogP contribution in [0.4, 0.5) is 0 Å². The number of carbonyl (C=O) groups is 1. The average molecular weight is 505 g/mol. The van der Waals surface area contributed by atoms with Gasteiger partial charge in [-0.15, -0.1) is 0 Å². The van der Waals surface area contributed by atoms with Crippen LogP contribution in [0.15, 0.2) is 78.9 Å². The number of para-hydroxylation sites is 1. The Balaban J connectivity index is 1.39. The first-order chi connectivity index (χ1) is 17.0. The Morgan fingerprint density at radius 3 is 2.20 bits per heavy atom. The predicted molar refractivity (Wildman–Crippen MR) is 141 cm³/mol. The van der Waals surface area contributed by atoms with Gasteiger partial charge in [-0.2, -0.15) is 5.10 Å². The zero-order chi connectivity index (χ0) is 24.4. The molecule has 5 nitrogen and oxygen atoms in total. The average Bonchev–Trinajstić information content (AvgIpc) is 3.24. The maximum atomic E-state index is 13.8. The number of aromatic nitrogens is 2. The van der Waals surface area contributed by atoms with E-state index < -0.39 is 0 Å². The van der Waals surface area contributed by atoms with Crippen LogP contribution in [-0.2, 0) is 6.54 Å². The fraction of sp³-hybridized carbons (Fsp3) is 0.214. The first-order valence-corrected chi connectivity index (χ1v) is 12.4. The van der Waals surface area contributed by atoms with Crippen molar-refractivity contribution in [3.8, 4) is 16.9 Å². The highest BCUT2D eigenvalue weighted by Crippen LogP contribution is 2.29. The van der Waals surface area contributed by atoms with Crippen molar-refractivity contribution in [3.63, 3.8) is 0 Å². The third kappa shape index (κ3) is 4.98. The van der Waals surface area contributed by atoms with E-state index in [1.165, 1.54) is 0 Å². The minimum absolute atomic E-state index is 0.0210. The van der Waals surface area contributed by atoms with Crippen LogP contribution in [0.25, 0.3) is 16.9 Å². The molecule has 178 valence electrons. The van der Waals surface area contributed by atoms with Crippen LogP contribution in [-0.4, -0.2) is 51.7 Å². The highest BCUT2D eigenvalue weighted by molar-refractivity contribution is 6.35. The molecule has 1 aliphatic heterocycles. The molecule has 1 aliphatic rings. The number of carbonyl (C=O) groups excluding carboxylic acids is 1. The molecule has 0 spiro atoms. The topological polar surface area (TPSA) is 41.4 Å². The fourth-order valence-electron chi connectivity index (χ4n) is 4.53. The second-order valence-corrected chi connectivity index (χ2v) is 9.57. The summed E-state index contributed by atoms with van der Waals surface area (Å²) in [5.74, 6) is 0.0210. The highest BCUT2D eigenvalue weighted by atomic mass is 35.5. The standard InChI is InChI=1S/C28H26Cl2N4O/c1-20-26(27(21-8-4-2-5-9-21)31-34(20)24-10-6-3-7-11-24)28(35)33-16-14-32(15-17-33)19-22-12-13-23(29)18-25(22)30/h2-13,18H,14-17,19H2,1H3. The van der Waals surface area contributed by atoms with Gasteiger partial charge in [0.15, 0.2) is 0 Å². The van der Waals surface area contributed by atoms with Gasteiger partial charge in [-0.1, -0.05) is 77.8 Å². The van der Waals surface area contributed by atoms with Crippen LogP contribution >= 0.6 is 23.2 Å². The molecule has 35 heavy (non-hydrogen) atoms. The molecule has 3 aromatic carbocycles. The monoisotopic (exact) mass is 504 g/mol. The van der Waals surface area contributed by atoms with Gasteiger partial charge < -0.3 is 4.90 Å². The normalized spacial score (nSPS) is 14.3. The number of piperazine rings is 1. The second-order valence-electron chi connectivity index (χ2n) is 8.73. The Kier molecular flexibility index (Phi) is 6.91. The first-order valence-electron chi connectivity index (χ1n) is 11.7. The Labute approximate surface area is 215 Å². The molecule has 7 heteroatoms. The lowest BCUT2D eigenvalue weighted by Crippen LogP contribution is -2.48. The lowest BCUT2D eigenvalue weighted by Gasteiger charge is -2.35. The van der Waals surface area contributed by atoms with E-state index in [0.717, 1.165) is 42.1 Å². The van der Waals surface area contributed by atoms with Crippen LogP contribution in [0.2, 0.25) is 10.0 Å². The van der Waals surface area contributed by atoms with Crippen molar-refractivity contribution in [1.29, 1.82) is 0 Å². The van der Waals surface area contributed by atoms with Crippen LogP contribution in [0.3, 0.4) is 0 Å². The summed E-state index contributed by atoms with van der Waals surface area (Å²) in [4.78, 5) is 18.1. The van der Waals surface area contributed by atoms with Gasteiger partial charge in [0.05, 0.1) is 16.9 Å². The number of amides is 1. The van der Waals surface area contributed by atoms with Gasteiger partial charge in [0.2, 0.25) is 0 Å². The van der Waals surface area contributed by atoms with Crippen LogP contribution < -0.4 is 0 Å². The smallest absolute Gasteiger partial charge is 0.258 e. The number of nitrogens with zero attached hydrogens (tertiary/aromatic N) is 4. The van der Waals surface area contributed by atoms with E-state index in [9.17, 15) is 4.79 Å². The highest BCUT2D eigenvalue weighted by Gasteiger charge is 2.29. The zero-order valence-corrected chi connectivity index (χ0v) is 21.0. The van der Waals surface area contributed by atoms with Crippen molar-refractivity contribution in [1.82, 2.24) is 19.6 Å². The van der Waals surface area contributed by atoms with E-state index in [4.69, 9.17) is 28.3 Å². The zero-order valence-electron chi connectivity index (χ0n) is 19.5. The van der Waals surface area contributed by atoms with Gasteiger partial charge in [-0.05, 0) is 36.8 Å². The third-order valence-corrected chi connectivity index (χ3v) is 7.03. The molecule has 2 heterocycles. The van der Waals surface area contributed by atoms with Crippen LogP contribution in [0.1, 0.15) is 21.6 Å². The molecule has 0 saturated carbocycles. The number of halogens is 2. The van der Waals surface area contributed by atoms with Crippen molar-refractivity contribution in [2.45, 2.75) is 13.5 Å². The maximum absolute atomic E-state index is 13.8. The Morgan fingerprint density at radius 2 is 1.54 bits per heavy atom. The Morgan fingerprint density at radius 1 is 0.886 bits per heavy atom. The van der Waals surface area contributed by atoms with E-state index in [-0.39, 0.29) is 5.91 Å². The Bertz CT molecular complexity index is 1330. The summed E-state index contributed by atoms with van der Waals surface area (Å²) >= 11 is 12.4. The molecule has 1 fully saturated rings. The minimum Gasteiger partial charge on any atom is -0.336 e. The van der Waals surface area contributed by atoms with Crippen molar-refractivity contribution in [2.24, 2.45) is 0 Å². The van der Waals surface area contributed by atoms with Gasteiger partial charge >= 0.3 is 0 Å². The van der Waals surface area contributed by atoms with Gasteiger partial charge in [-0.3, -0.25) is 9.69 Å². The van der Waals surface area contributed by atoms with E-state index in [1.807, 2.05) is 89.3 Å². The van der Waals surface area contributed by atoms with Crippen molar-refractivity contribution >= 4 is 29.1 Å². The van der Waals surface area contributed by atoms with E-state index >= 15 is 0 Å². The summed E-state index contributed by atoms with van der Waals surface area (Å²) in [5.41, 5.74) is 5.13. The summed E-state index contributed by atoms with van der Waals surface area (Å²) < 4.78 is 1.87. The Hall–Kier alpha value is -3.12. The second kappa shape index (κ2) is 10.2. The number of hydrogen-bond acceptors (Lipinski definition) is 3. The lowest BCUT2D eigenvalue weighted by molar-refractivity contribution is 0.0628. The molecule has 1 saturated heterocycles. The van der Waals surface area contributed by atoms with E-state index in [1.54, 1.807) is 6.07 Å². The molecule has 4 aromatic rings. The van der Waals surface area contributed by atoms with Gasteiger partial charge in [0, 0.05) is 48.3 Å². The first kappa shape index (κ1) is 23.6. The largest absolute Gasteiger partial charge is 0.336 e. The molecule has 1 amide bonds. The summed E-state index contributed by atoms with van der Waals surface area (Å²) in [7, 11) is 0. The maximum Gasteiger partial charge on any atom is 0.258 e. The number of benzene rings is 3. The molecule has 0 bridgehead atoms. The molecule has 0 radical (unpaired) electrons. The SMILES string of the molecule is Cc1c(C(=O)N2CCN(Cc3ccc(Cl)cc3Cl)CC2)c(-c2ccccc2)nn1-c1ccccc1. The van der Waals surface area contributed by atoms with Gasteiger partial charge in [0.1, 0.15) is 5.69 Å². The fourth-order valence-corrected chi connectivity index (χ4v) is 5.00. The predicted octanol–water partition coefficient (Wildman–Crippen LogP) is 6.11. The van der Waals surface area contributed by atoms with E-state index in [0.29, 0.717) is 34.4 Å². The van der Waals surface area contributed by atoms with Crippen LogP contribution in [0, 0.1) is 6.92 Å². The van der Waals surface area contributed by atoms with Gasteiger partial charge in [-0.25, -0.2) is 4.68 Å². The lowest BCUT2D eigenvalue weighted by atomic mass is 10.0. The molecule has 0 aliphatic carbocycles. The van der Waals surface area contributed by atoms with Gasteiger partial charge in [0.25, 0.3) is 5.91 Å². The molecule has 0 atom stereocenters. The summed E-state index contributed by atoms with van der Waals surface area (Å²) in [6.45, 7) is 5.55. The summed E-state index contributed by atoms with van der Waals surface area (Å²) in [6.07, 6.45) is 0. The number of rotatable bonds is 5. The third-order valence-electron chi connectivity index (χ3n) is 6.45. The molecular formula is C28H26Cl2N4O. The summed E-state index contributed by atoms with van der Waals surface area (Å²) in [5, 5.41) is 6.19. The number of hydrogen-bond donors (Lipinski definition) is 0. The van der Waals surface area contributed by atoms with E-state index in [2.05, 4.69) is 4.90 Å². The van der Waals surface area contributed by atoms with Crippen molar-refractivity contribution < 1.29 is 4.79 Å².